The molecule has 1 aromatic heterocycles. The number of aryl methyl sites for hydroxylation is 1. The molecule has 1 aliphatic heterocycles. The van der Waals surface area contributed by atoms with Crippen LogP contribution in [0.1, 0.15) is 30.3 Å². The Bertz CT molecular complexity index is 984. The highest BCUT2D eigenvalue weighted by molar-refractivity contribution is 5.78. The minimum absolute atomic E-state index is 0.0400. The minimum atomic E-state index is -0.215. The van der Waals surface area contributed by atoms with E-state index in [4.69, 9.17) is 14.0 Å². The molecule has 3 aromatic rings. The molecule has 0 saturated carbocycles. The van der Waals surface area contributed by atoms with Crippen molar-refractivity contribution in [2.75, 3.05) is 20.3 Å². The average Bonchev–Trinajstić information content (AvgIpc) is 3.42. The maximum absolute atomic E-state index is 12.7. The number of benzene rings is 2. The van der Waals surface area contributed by atoms with Crippen molar-refractivity contribution in [1.29, 1.82) is 0 Å². The fourth-order valence-electron chi connectivity index (χ4n) is 3.49. The summed E-state index contributed by atoms with van der Waals surface area (Å²) in [7, 11) is 1.61. The maximum atomic E-state index is 12.7. The van der Waals surface area contributed by atoms with Crippen LogP contribution in [0, 0.1) is 6.92 Å². The largest absolute Gasteiger partial charge is 0.497 e. The molecule has 0 unspecified atom stereocenters. The van der Waals surface area contributed by atoms with Gasteiger partial charge in [0.1, 0.15) is 17.5 Å². The molecule has 1 saturated heterocycles. The summed E-state index contributed by atoms with van der Waals surface area (Å²) < 4.78 is 16.3. The second-order valence-electron chi connectivity index (χ2n) is 7.04. The van der Waals surface area contributed by atoms with Gasteiger partial charge in [-0.25, -0.2) is 0 Å². The van der Waals surface area contributed by atoms with Crippen molar-refractivity contribution in [3.8, 4) is 22.9 Å². The first-order valence-electron chi connectivity index (χ1n) is 9.61. The molecule has 0 radical (unpaired) electrons. The third-order valence-electron chi connectivity index (χ3n) is 5.00. The summed E-state index contributed by atoms with van der Waals surface area (Å²) in [6.07, 6.45) is 1.69. The standard InChI is InChI=1S/C22H23N3O4/c1-15-5-3-6-16(13-15)21-23-22(29-24-21)19-7-4-12-25(19)20(26)14-28-18-10-8-17(27-2)9-11-18/h3,5-6,8-11,13,19H,4,7,12,14H2,1-2H3/t19-/m0/s1. The second-order valence-corrected chi connectivity index (χ2v) is 7.04. The molecule has 1 fully saturated rings. The van der Waals surface area contributed by atoms with Gasteiger partial charge in [-0.3, -0.25) is 4.79 Å². The van der Waals surface area contributed by atoms with E-state index in [0.29, 0.717) is 24.0 Å². The predicted molar refractivity (Wildman–Crippen MR) is 107 cm³/mol. The molecule has 150 valence electrons. The van der Waals surface area contributed by atoms with Gasteiger partial charge in [0.15, 0.2) is 6.61 Å². The van der Waals surface area contributed by atoms with Crippen LogP contribution in [-0.2, 0) is 4.79 Å². The van der Waals surface area contributed by atoms with Crippen molar-refractivity contribution in [1.82, 2.24) is 15.0 Å². The van der Waals surface area contributed by atoms with E-state index >= 15 is 0 Å². The molecule has 7 heteroatoms. The molecule has 1 amide bonds. The van der Waals surface area contributed by atoms with Gasteiger partial charge in [0, 0.05) is 12.1 Å². The average molecular weight is 393 g/mol. The van der Waals surface area contributed by atoms with Crippen molar-refractivity contribution in [3.05, 3.63) is 60.0 Å². The van der Waals surface area contributed by atoms with Crippen LogP contribution in [0.3, 0.4) is 0 Å². The molecule has 1 atom stereocenters. The minimum Gasteiger partial charge on any atom is -0.497 e. The maximum Gasteiger partial charge on any atom is 0.261 e. The first-order chi connectivity index (χ1) is 14.1. The number of rotatable bonds is 6. The number of methoxy groups -OCH3 is 1. The molecule has 2 heterocycles. The summed E-state index contributed by atoms with van der Waals surface area (Å²) in [5, 5.41) is 4.11. The van der Waals surface area contributed by atoms with Gasteiger partial charge in [0.25, 0.3) is 5.91 Å². The van der Waals surface area contributed by atoms with Crippen LogP contribution in [0.2, 0.25) is 0 Å². The molecule has 1 aliphatic rings. The Morgan fingerprint density at radius 3 is 2.76 bits per heavy atom. The highest BCUT2D eigenvalue weighted by atomic mass is 16.5. The number of hydrogen-bond acceptors (Lipinski definition) is 6. The number of hydrogen-bond donors (Lipinski definition) is 0. The zero-order chi connectivity index (χ0) is 20.2. The summed E-state index contributed by atoms with van der Waals surface area (Å²) in [5.74, 6) is 2.27. The summed E-state index contributed by atoms with van der Waals surface area (Å²) in [4.78, 5) is 19.0. The summed E-state index contributed by atoms with van der Waals surface area (Å²) in [6, 6.07) is 14.9. The number of carbonyl (C=O) groups is 1. The number of carbonyl (C=O) groups excluding carboxylic acids is 1. The van der Waals surface area contributed by atoms with E-state index in [2.05, 4.69) is 10.1 Å². The molecule has 0 aliphatic carbocycles. The molecular formula is C22H23N3O4. The van der Waals surface area contributed by atoms with E-state index in [1.54, 1.807) is 36.3 Å². The summed E-state index contributed by atoms with van der Waals surface area (Å²) >= 11 is 0. The molecule has 0 bridgehead atoms. The third-order valence-corrected chi connectivity index (χ3v) is 5.00. The van der Waals surface area contributed by atoms with E-state index in [1.807, 2.05) is 31.2 Å². The lowest BCUT2D eigenvalue weighted by Crippen LogP contribution is -2.34. The van der Waals surface area contributed by atoms with E-state index < -0.39 is 0 Å². The van der Waals surface area contributed by atoms with Crippen LogP contribution in [0.4, 0.5) is 0 Å². The zero-order valence-corrected chi connectivity index (χ0v) is 16.5. The van der Waals surface area contributed by atoms with Gasteiger partial charge in [-0.15, -0.1) is 0 Å². The Morgan fingerprint density at radius 2 is 2.00 bits per heavy atom. The van der Waals surface area contributed by atoms with E-state index in [9.17, 15) is 4.79 Å². The highest BCUT2D eigenvalue weighted by Crippen LogP contribution is 2.32. The lowest BCUT2D eigenvalue weighted by atomic mass is 10.1. The predicted octanol–water partition coefficient (Wildman–Crippen LogP) is 3.80. The topological polar surface area (TPSA) is 77.7 Å². The van der Waals surface area contributed by atoms with Crippen LogP contribution < -0.4 is 9.47 Å². The van der Waals surface area contributed by atoms with Crippen molar-refractivity contribution < 1.29 is 18.8 Å². The normalized spacial score (nSPS) is 16.1. The Morgan fingerprint density at radius 1 is 1.21 bits per heavy atom. The van der Waals surface area contributed by atoms with Gasteiger partial charge < -0.3 is 18.9 Å². The van der Waals surface area contributed by atoms with Gasteiger partial charge in [-0.1, -0.05) is 28.9 Å². The third kappa shape index (κ3) is 4.23. The zero-order valence-electron chi connectivity index (χ0n) is 16.5. The molecule has 7 nitrogen and oxygen atoms in total. The highest BCUT2D eigenvalue weighted by Gasteiger charge is 2.34. The van der Waals surface area contributed by atoms with Gasteiger partial charge in [0.2, 0.25) is 11.7 Å². The Balaban J connectivity index is 1.42. The van der Waals surface area contributed by atoms with Gasteiger partial charge in [-0.05, 0) is 50.1 Å². The van der Waals surface area contributed by atoms with Crippen LogP contribution in [-0.4, -0.2) is 41.2 Å². The number of ether oxygens (including phenoxy) is 2. The van der Waals surface area contributed by atoms with Crippen LogP contribution in [0.5, 0.6) is 11.5 Å². The number of aromatic nitrogens is 2. The van der Waals surface area contributed by atoms with Crippen LogP contribution in [0.25, 0.3) is 11.4 Å². The van der Waals surface area contributed by atoms with Crippen molar-refractivity contribution in [2.45, 2.75) is 25.8 Å². The molecule has 0 N–H and O–H groups in total. The SMILES string of the molecule is COc1ccc(OCC(=O)N2CCC[C@H]2c2nc(-c3cccc(C)c3)no2)cc1. The lowest BCUT2D eigenvalue weighted by molar-refractivity contribution is -0.134. The quantitative estimate of drug-likeness (QED) is 0.634. The molecule has 2 aromatic carbocycles. The van der Waals surface area contributed by atoms with Crippen LogP contribution >= 0.6 is 0 Å². The van der Waals surface area contributed by atoms with Crippen molar-refractivity contribution in [2.24, 2.45) is 0 Å². The monoisotopic (exact) mass is 393 g/mol. The molecule has 29 heavy (non-hydrogen) atoms. The Hall–Kier alpha value is -3.35. The molecular weight excluding hydrogens is 370 g/mol. The fourth-order valence-corrected chi connectivity index (χ4v) is 3.49. The molecule has 0 spiro atoms. The van der Waals surface area contributed by atoms with E-state index in [0.717, 1.165) is 29.7 Å². The van der Waals surface area contributed by atoms with Gasteiger partial charge in [-0.2, -0.15) is 4.98 Å². The van der Waals surface area contributed by atoms with Crippen LogP contribution in [0.15, 0.2) is 53.1 Å². The summed E-state index contributed by atoms with van der Waals surface area (Å²) in [5.41, 5.74) is 2.03. The lowest BCUT2D eigenvalue weighted by Gasteiger charge is -2.21. The number of amides is 1. The fraction of sp³-hybridized carbons (Fsp3) is 0.318. The van der Waals surface area contributed by atoms with Crippen molar-refractivity contribution in [3.63, 3.8) is 0 Å². The second kappa shape index (κ2) is 8.34. The summed E-state index contributed by atoms with van der Waals surface area (Å²) in [6.45, 7) is 2.63. The first-order valence-corrected chi connectivity index (χ1v) is 9.61. The smallest absolute Gasteiger partial charge is 0.261 e. The number of nitrogens with zero attached hydrogens (tertiary/aromatic N) is 3. The number of likely N-dealkylation sites (tertiary alicyclic amines) is 1. The van der Waals surface area contributed by atoms with E-state index in [1.165, 1.54) is 0 Å². The van der Waals surface area contributed by atoms with Crippen molar-refractivity contribution >= 4 is 5.91 Å². The van der Waals surface area contributed by atoms with Gasteiger partial charge in [0.05, 0.1) is 7.11 Å². The van der Waals surface area contributed by atoms with Gasteiger partial charge >= 0.3 is 0 Å². The Labute approximate surface area is 169 Å². The first kappa shape index (κ1) is 19.0. The molecule has 4 rings (SSSR count). The Kier molecular flexibility index (Phi) is 5.46. The van der Waals surface area contributed by atoms with E-state index in [-0.39, 0.29) is 18.6 Å².